The second kappa shape index (κ2) is 13.5. The molecule has 17 heteroatoms. The van der Waals surface area contributed by atoms with Crippen LogP contribution in [0.25, 0.3) is 10.4 Å². The summed E-state index contributed by atoms with van der Waals surface area (Å²) in [6, 6.07) is 16.2. The Labute approximate surface area is 229 Å². The molecule has 0 spiro atoms. The number of alkyl halides is 3. The molecule has 1 aromatic heterocycles. The van der Waals surface area contributed by atoms with Crippen molar-refractivity contribution in [3.05, 3.63) is 71.6 Å². The van der Waals surface area contributed by atoms with E-state index in [1.807, 2.05) is 0 Å². The molecule has 1 atom stereocenters. The number of nitrogens with two attached hydrogens (primary N) is 2. The number of halogens is 3. The Morgan fingerprint density at radius 1 is 0.950 bits per heavy atom. The highest BCUT2D eigenvalue weighted by molar-refractivity contribution is 7.89. The predicted octanol–water partition coefficient (Wildman–Crippen LogP) is 2.11. The first-order chi connectivity index (χ1) is 18.6. The lowest BCUT2D eigenvalue weighted by Gasteiger charge is -2.15. The van der Waals surface area contributed by atoms with Crippen LogP contribution >= 0.6 is 11.3 Å². The number of guanidine groups is 1. The van der Waals surface area contributed by atoms with E-state index < -0.39 is 46.6 Å². The van der Waals surface area contributed by atoms with Crippen LogP contribution in [-0.4, -0.2) is 61.2 Å². The first kappa shape index (κ1) is 31.7. The van der Waals surface area contributed by atoms with Crippen molar-refractivity contribution in [2.75, 3.05) is 6.54 Å². The first-order valence-corrected chi connectivity index (χ1v) is 13.1. The maximum absolute atomic E-state index is 12.5. The molecule has 0 saturated heterocycles. The molecule has 2 aromatic carbocycles. The summed E-state index contributed by atoms with van der Waals surface area (Å²) in [4.78, 5) is 38.0. The van der Waals surface area contributed by atoms with Crippen LogP contribution < -0.4 is 21.5 Å². The average Bonchev–Trinajstić information content (AvgIpc) is 3.37. The van der Waals surface area contributed by atoms with Gasteiger partial charge in [-0.1, -0.05) is 30.3 Å². The minimum atomic E-state index is -5.08. The van der Waals surface area contributed by atoms with Gasteiger partial charge in [0.1, 0.15) is 6.04 Å². The van der Waals surface area contributed by atoms with E-state index in [0.29, 0.717) is 10.6 Å². The van der Waals surface area contributed by atoms with Gasteiger partial charge in [-0.3, -0.25) is 9.59 Å². The maximum Gasteiger partial charge on any atom is 0.490 e. The molecular formula is C23H22F3N5O7S2. The smallest absolute Gasteiger partial charge is 0.480 e. The van der Waals surface area contributed by atoms with Gasteiger partial charge in [-0.2, -0.15) is 17.9 Å². The fraction of sp³-hybridized carbons (Fsp3) is 0.130. The summed E-state index contributed by atoms with van der Waals surface area (Å²) >= 11 is 1.20. The molecule has 1 heterocycles. The van der Waals surface area contributed by atoms with Gasteiger partial charge in [0.05, 0.1) is 15.5 Å². The Morgan fingerprint density at radius 2 is 1.52 bits per heavy atom. The molecule has 0 saturated carbocycles. The number of hydrogen-bond donors (Lipinski definition) is 6. The molecule has 0 bridgehead atoms. The van der Waals surface area contributed by atoms with Crippen LogP contribution in [0.5, 0.6) is 0 Å². The molecule has 0 radical (unpaired) electrons. The lowest BCUT2D eigenvalue weighted by Crippen LogP contribution is -2.48. The van der Waals surface area contributed by atoms with Gasteiger partial charge in [-0.15, -0.1) is 11.3 Å². The number of carbonyl (C=O) groups is 3. The number of carboxylic acids is 2. The van der Waals surface area contributed by atoms with Crippen LogP contribution in [0, 0.1) is 0 Å². The van der Waals surface area contributed by atoms with E-state index in [1.54, 1.807) is 42.5 Å². The molecular weight excluding hydrogens is 579 g/mol. The third kappa shape index (κ3) is 9.68. The van der Waals surface area contributed by atoms with Gasteiger partial charge in [0.15, 0.2) is 5.96 Å². The molecule has 3 rings (SSSR count). The first-order valence-electron chi connectivity index (χ1n) is 10.8. The summed E-state index contributed by atoms with van der Waals surface area (Å²) in [7, 11) is -4.06. The Morgan fingerprint density at radius 3 is 2.02 bits per heavy atom. The van der Waals surface area contributed by atoms with Crippen molar-refractivity contribution in [3.63, 3.8) is 0 Å². The number of amides is 1. The van der Waals surface area contributed by atoms with Gasteiger partial charge in [0, 0.05) is 11.4 Å². The highest BCUT2D eigenvalue weighted by atomic mass is 32.2. The number of aliphatic imine (C=N–C) groups is 1. The number of carbonyl (C=O) groups excluding carboxylic acids is 1. The van der Waals surface area contributed by atoms with Crippen molar-refractivity contribution in [1.29, 1.82) is 0 Å². The summed E-state index contributed by atoms with van der Waals surface area (Å²) < 4.78 is 58.6. The van der Waals surface area contributed by atoms with Crippen molar-refractivity contribution in [1.82, 2.24) is 10.0 Å². The van der Waals surface area contributed by atoms with Gasteiger partial charge >= 0.3 is 18.1 Å². The van der Waals surface area contributed by atoms with E-state index in [4.69, 9.17) is 21.4 Å². The minimum Gasteiger partial charge on any atom is -0.480 e. The highest BCUT2D eigenvalue weighted by Crippen LogP contribution is 2.29. The third-order valence-electron chi connectivity index (χ3n) is 4.60. The molecule has 12 nitrogen and oxygen atoms in total. The molecule has 40 heavy (non-hydrogen) atoms. The number of sulfonamides is 1. The predicted molar refractivity (Wildman–Crippen MR) is 139 cm³/mol. The summed E-state index contributed by atoms with van der Waals surface area (Å²) in [5, 5.41) is 19.0. The third-order valence-corrected chi connectivity index (χ3v) is 7.22. The summed E-state index contributed by atoms with van der Waals surface area (Å²) in [6.45, 7) is -0.430. The van der Waals surface area contributed by atoms with Crippen molar-refractivity contribution in [3.8, 4) is 10.4 Å². The molecule has 214 valence electrons. The van der Waals surface area contributed by atoms with Crippen LogP contribution in [-0.2, 0) is 19.6 Å². The Hall–Kier alpha value is -4.48. The van der Waals surface area contributed by atoms with E-state index in [-0.39, 0.29) is 10.9 Å². The molecule has 3 aromatic rings. The number of aliphatic carboxylic acids is 2. The van der Waals surface area contributed by atoms with Gasteiger partial charge in [0.2, 0.25) is 10.0 Å². The number of nitrogens with one attached hydrogen (secondary N) is 2. The zero-order valence-corrected chi connectivity index (χ0v) is 21.8. The largest absolute Gasteiger partial charge is 0.490 e. The van der Waals surface area contributed by atoms with E-state index >= 15 is 0 Å². The average molecular weight is 602 g/mol. The summed E-state index contributed by atoms with van der Waals surface area (Å²) in [6.07, 6.45) is -5.08. The van der Waals surface area contributed by atoms with Crippen LogP contribution in [0.4, 0.5) is 18.9 Å². The number of rotatable bonds is 9. The van der Waals surface area contributed by atoms with Gasteiger partial charge in [-0.05, 0) is 42.0 Å². The number of benzene rings is 2. The Balaban J connectivity index is 0.000000708. The molecule has 0 fully saturated rings. The Kier molecular flexibility index (Phi) is 10.7. The van der Waals surface area contributed by atoms with E-state index in [0.717, 1.165) is 10.4 Å². The standard InChI is InChI=1S/C21H21N5O5S2.C2HF3O2/c22-21(23)25-14-8-6-13(7-9-14)17-10-11-18(32-17)19(27)24-12-16(20(28)29)26-33(30,31)15-4-2-1-3-5-15;3-2(4,5)1(6)7/h1-11,16,26H,12H2,(H,24,27)(H,28,29)(H4,22,23,25);(H,6,7). The van der Waals surface area contributed by atoms with E-state index in [1.165, 1.54) is 35.6 Å². The van der Waals surface area contributed by atoms with Gasteiger partial charge in [-0.25, -0.2) is 18.2 Å². The van der Waals surface area contributed by atoms with Crippen LogP contribution in [0.2, 0.25) is 0 Å². The second-order valence-corrected chi connectivity index (χ2v) is 10.4. The quantitative estimate of drug-likeness (QED) is 0.156. The highest BCUT2D eigenvalue weighted by Gasteiger charge is 2.38. The maximum atomic E-state index is 12.5. The van der Waals surface area contributed by atoms with Gasteiger partial charge in [0.25, 0.3) is 5.91 Å². The SMILES string of the molecule is NC(N)=Nc1ccc(-c2ccc(C(=O)NCC(NS(=O)(=O)c3ccccc3)C(=O)O)s2)cc1.O=C(O)C(F)(F)F. The van der Waals surface area contributed by atoms with Gasteiger partial charge < -0.3 is 27.0 Å². The number of nitrogens with zero attached hydrogens (tertiary/aromatic N) is 1. The molecule has 0 aliphatic rings. The van der Waals surface area contributed by atoms with Crippen LogP contribution in [0.1, 0.15) is 9.67 Å². The van der Waals surface area contributed by atoms with Crippen molar-refractivity contribution < 1.29 is 46.2 Å². The normalized spacial score (nSPS) is 11.9. The topological polar surface area (TPSA) is 214 Å². The summed E-state index contributed by atoms with van der Waals surface area (Å²) in [5.41, 5.74) is 12.1. The van der Waals surface area contributed by atoms with E-state index in [9.17, 15) is 36.3 Å². The number of hydrogen-bond acceptors (Lipinski definition) is 7. The fourth-order valence-corrected chi connectivity index (χ4v) is 4.92. The second-order valence-electron chi connectivity index (χ2n) is 7.59. The molecule has 1 unspecified atom stereocenters. The molecule has 0 aliphatic heterocycles. The lowest BCUT2D eigenvalue weighted by molar-refractivity contribution is -0.192. The monoisotopic (exact) mass is 601 g/mol. The minimum absolute atomic E-state index is 0.0523. The lowest BCUT2D eigenvalue weighted by atomic mass is 10.2. The molecule has 0 aliphatic carbocycles. The molecule has 1 amide bonds. The van der Waals surface area contributed by atoms with Crippen LogP contribution in [0.15, 0.2) is 76.6 Å². The fourth-order valence-electron chi connectivity index (χ4n) is 2.78. The number of thiophene rings is 1. The zero-order valence-electron chi connectivity index (χ0n) is 20.1. The zero-order chi connectivity index (χ0) is 30.1. The van der Waals surface area contributed by atoms with Crippen molar-refractivity contribution in [2.24, 2.45) is 16.5 Å². The number of carboxylic acid groups (broad SMARTS) is 2. The van der Waals surface area contributed by atoms with Crippen molar-refractivity contribution >= 4 is 50.9 Å². The Bertz CT molecular complexity index is 1470. The molecule has 8 N–H and O–H groups in total. The van der Waals surface area contributed by atoms with Crippen LogP contribution in [0.3, 0.4) is 0 Å². The summed E-state index contributed by atoms with van der Waals surface area (Å²) in [5.74, 6) is -4.74. The van der Waals surface area contributed by atoms with Crippen molar-refractivity contribution in [2.45, 2.75) is 17.1 Å². The van der Waals surface area contributed by atoms with E-state index in [2.05, 4.69) is 15.0 Å².